The summed E-state index contributed by atoms with van der Waals surface area (Å²) in [5, 5.41) is 14.1. The van der Waals surface area contributed by atoms with Gasteiger partial charge in [0.2, 0.25) is 5.91 Å². The highest BCUT2D eigenvalue weighted by Crippen LogP contribution is 2.07. The van der Waals surface area contributed by atoms with E-state index in [4.69, 9.17) is 16.3 Å². The van der Waals surface area contributed by atoms with E-state index < -0.39 is 6.10 Å². The lowest BCUT2D eigenvalue weighted by molar-refractivity contribution is -0.132. The maximum Gasteiger partial charge on any atom is 0.224 e. The summed E-state index contributed by atoms with van der Waals surface area (Å²) in [7, 11) is 0. The molecule has 1 amide bonds. The molecule has 100 valence electrons. The molecule has 1 atom stereocenters. The number of ether oxygens (including phenoxy) is 1. The number of aryl methyl sites for hydroxylation is 1. The maximum absolute atomic E-state index is 12.0. The van der Waals surface area contributed by atoms with Gasteiger partial charge in [-0.2, -0.15) is 5.10 Å². The van der Waals surface area contributed by atoms with Crippen LogP contribution in [0.25, 0.3) is 0 Å². The number of carbonyl (C=O) groups excluding carboxylic acids is 1. The van der Waals surface area contributed by atoms with Crippen molar-refractivity contribution in [3.63, 3.8) is 0 Å². The van der Waals surface area contributed by atoms with Crippen LogP contribution >= 0.6 is 11.6 Å². The quantitative estimate of drug-likeness (QED) is 0.851. The molecule has 2 heterocycles. The van der Waals surface area contributed by atoms with Gasteiger partial charge in [-0.25, -0.2) is 0 Å². The average Bonchev–Trinajstić information content (AvgIpc) is 2.63. The molecule has 0 saturated carbocycles. The first-order valence-electron chi connectivity index (χ1n) is 5.86. The van der Waals surface area contributed by atoms with Gasteiger partial charge in [-0.05, 0) is 0 Å². The van der Waals surface area contributed by atoms with E-state index in [2.05, 4.69) is 5.10 Å². The number of halogens is 1. The molecule has 2 rings (SSSR count). The predicted octanol–water partition coefficient (Wildman–Crippen LogP) is 0.146. The second kappa shape index (κ2) is 6.17. The number of hydrogen-bond acceptors (Lipinski definition) is 4. The molecule has 1 aliphatic rings. The smallest absolute Gasteiger partial charge is 0.224 e. The number of amides is 1. The van der Waals surface area contributed by atoms with Crippen molar-refractivity contribution in [2.24, 2.45) is 0 Å². The summed E-state index contributed by atoms with van der Waals surface area (Å²) in [6.07, 6.45) is 2.95. The molecule has 1 N–H and O–H groups in total. The fraction of sp³-hybridized carbons (Fsp3) is 0.636. The van der Waals surface area contributed by atoms with Crippen LogP contribution < -0.4 is 0 Å². The van der Waals surface area contributed by atoms with Crippen LogP contribution in [0.4, 0.5) is 0 Å². The minimum Gasteiger partial charge on any atom is -0.389 e. The Labute approximate surface area is 110 Å². The molecule has 1 aliphatic heterocycles. The van der Waals surface area contributed by atoms with Crippen molar-refractivity contribution in [1.29, 1.82) is 0 Å². The summed E-state index contributed by atoms with van der Waals surface area (Å²) >= 11 is 5.74. The van der Waals surface area contributed by atoms with Gasteiger partial charge in [0.05, 0.1) is 30.5 Å². The van der Waals surface area contributed by atoms with Crippen molar-refractivity contribution in [3.05, 3.63) is 17.4 Å². The second-order valence-corrected chi connectivity index (χ2v) is 4.68. The minimum absolute atomic E-state index is 0.00817. The number of aromatic nitrogens is 2. The van der Waals surface area contributed by atoms with E-state index in [0.717, 1.165) is 0 Å². The van der Waals surface area contributed by atoms with Gasteiger partial charge in [-0.15, -0.1) is 0 Å². The van der Waals surface area contributed by atoms with Crippen molar-refractivity contribution in [2.75, 3.05) is 26.3 Å². The lowest BCUT2D eigenvalue weighted by Crippen LogP contribution is -2.38. The minimum atomic E-state index is -0.601. The lowest BCUT2D eigenvalue weighted by atomic mass is 10.3. The van der Waals surface area contributed by atoms with E-state index in [1.807, 2.05) is 0 Å². The van der Waals surface area contributed by atoms with Crippen molar-refractivity contribution in [1.82, 2.24) is 14.7 Å². The van der Waals surface area contributed by atoms with Crippen LogP contribution in [0.5, 0.6) is 0 Å². The Kier molecular flexibility index (Phi) is 4.57. The third-order valence-corrected chi connectivity index (χ3v) is 2.95. The Hall–Kier alpha value is -1.11. The van der Waals surface area contributed by atoms with Gasteiger partial charge in [-0.3, -0.25) is 9.48 Å². The van der Waals surface area contributed by atoms with Gasteiger partial charge in [0, 0.05) is 32.3 Å². The number of nitrogens with zero attached hydrogens (tertiary/aromatic N) is 3. The molecule has 1 fully saturated rings. The van der Waals surface area contributed by atoms with Gasteiger partial charge >= 0.3 is 0 Å². The predicted molar refractivity (Wildman–Crippen MR) is 65.3 cm³/mol. The van der Waals surface area contributed by atoms with Gasteiger partial charge in [0.25, 0.3) is 0 Å². The van der Waals surface area contributed by atoms with Crippen LogP contribution in [-0.4, -0.2) is 58.1 Å². The van der Waals surface area contributed by atoms with Gasteiger partial charge < -0.3 is 14.7 Å². The zero-order valence-electron chi connectivity index (χ0n) is 9.96. The van der Waals surface area contributed by atoms with E-state index in [9.17, 15) is 9.90 Å². The Morgan fingerprint density at radius 2 is 2.50 bits per heavy atom. The normalized spacial score (nSPS) is 20.8. The number of rotatable bonds is 3. The molecule has 0 spiro atoms. The molecule has 0 aromatic carbocycles. The number of aliphatic hydroxyl groups is 1. The Morgan fingerprint density at radius 3 is 3.22 bits per heavy atom. The molecule has 0 unspecified atom stereocenters. The molecule has 1 aromatic rings. The second-order valence-electron chi connectivity index (χ2n) is 4.24. The molecule has 1 saturated heterocycles. The largest absolute Gasteiger partial charge is 0.389 e. The van der Waals surface area contributed by atoms with Crippen LogP contribution in [0.1, 0.15) is 6.42 Å². The zero-order valence-corrected chi connectivity index (χ0v) is 10.7. The van der Waals surface area contributed by atoms with Crippen molar-refractivity contribution >= 4 is 17.5 Å². The van der Waals surface area contributed by atoms with Crippen LogP contribution in [0.15, 0.2) is 12.4 Å². The maximum atomic E-state index is 12.0. The highest BCUT2D eigenvalue weighted by atomic mass is 35.5. The van der Waals surface area contributed by atoms with Crippen LogP contribution in [0.3, 0.4) is 0 Å². The lowest BCUT2D eigenvalue weighted by Gasteiger charge is -2.21. The monoisotopic (exact) mass is 273 g/mol. The first-order chi connectivity index (χ1) is 8.65. The van der Waals surface area contributed by atoms with Gasteiger partial charge in [0.15, 0.2) is 0 Å². The fourth-order valence-electron chi connectivity index (χ4n) is 1.85. The van der Waals surface area contributed by atoms with Crippen LogP contribution in [0, 0.1) is 0 Å². The van der Waals surface area contributed by atoms with Crippen molar-refractivity contribution in [3.8, 4) is 0 Å². The van der Waals surface area contributed by atoms with E-state index in [1.54, 1.807) is 15.8 Å². The summed E-state index contributed by atoms with van der Waals surface area (Å²) in [5.74, 6) is -0.00817. The molecule has 1 aromatic heterocycles. The molecular formula is C11H16ClN3O3. The number of carbonyl (C=O) groups is 1. The summed E-state index contributed by atoms with van der Waals surface area (Å²) in [4.78, 5) is 13.6. The third kappa shape index (κ3) is 3.69. The molecule has 18 heavy (non-hydrogen) atoms. The molecule has 0 aliphatic carbocycles. The van der Waals surface area contributed by atoms with E-state index >= 15 is 0 Å². The van der Waals surface area contributed by atoms with Crippen molar-refractivity contribution in [2.45, 2.75) is 19.1 Å². The zero-order chi connectivity index (χ0) is 13.0. The Morgan fingerprint density at radius 1 is 1.67 bits per heavy atom. The standard InChI is InChI=1S/C11H16ClN3O3/c12-9-5-13-15(6-9)2-1-11(17)14-3-4-18-8-10(16)7-14/h5-6,10,16H,1-4,7-8H2/t10-/m1/s1. The molecule has 0 bridgehead atoms. The highest BCUT2D eigenvalue weighted by Gasteiger charge is 2.20. The summed E-state index contributed by atoms with van der Waals surface area (Å²) < 4.78 is 6.80. The Balaban J connectivity index is 1.83. The fourth-order valence-corrected chi connectivity index (χ4v) is 2.00. The Bertz CT molecular complexity index is 410. The van der Waals surface area contributed by atoms with Gasteiger partial charge in [-0.1, -0.05) is 11.6 Å². The molecule has 0 radical (unpaired) electrons. The average molecular weight is 274 g/mol. The van der Waals surface area contributed by atoms with Crippen molar-refractivity contribution < 1.29 is 14.6 Å². The SMILES string of the molecule is O=C(CCn1cc(Cl)cn1)N1CCOC[C@H](O)C1. The highest BCUT2D eigenvalue weighted by molar-refractivity contribution is 6.30. The third-order valence-electron chi connectivity index (χ3n) is 2.76. The molecule has 7 heteroatoms. The van der Waals surface area contributed by atoms with Gasteiger partial charge in [0.1, 0.15) is 0 Å². The topological polar surface area (TPSA) is 67.6 Å². The summed E-state index contributed by atoms with van der Waals surface area (Å²) in [6.45, 7) is 2.10. The first-order valence-corrected chi connectivity index (χ1v) is 6.24. The first kappa shape index (κ1) is 13.3. The molecule has 6 nitrogen and oxygen atoms in total. The van der Waals surface area contributed by atoms with E-state index in [1.165, 1.54) is 6.20 Å². The van der Waals surface area contributed by atoms with E-state index in [0.29, 0.717) is 44.3 Å². The number of β-amino-alcohol motifs (C(OH)–C–C–N with tert-alkyl or cyclic N) is 1. The van der Waals surface area contributed by atoms with E-state index in [-0.39, 0.29) is 5.91 Å². The number of hydrogen-bond donors (Lipinski definition) is 1. The number of aliphatic hydroxyl groups excluding tert-OH is 1. The summed E-state index contributed by atoms with van der Waals surface area (Å²) in [6, 6.07) is 0. The summed E-state index contributed by atoms with van der Waals surface area (Å²) in [5.41, 5.74) is 0. The van der Waals surface area contributed by atoms with Crippen LogP contribution in [-0.2, 0) is 16.1 Å². The van der Waals surface area contributed by atoms with Crippen LogP contribution in [0.2, 0.25) is 5.02 Å². The molecular weight excluding hydrogens is 258 g/mol.